The number of likely N-dealkylation sites (N-methyl/N-ethyl adjacent to an activating group) is 1. The molecule has 5 heteroatoms. The van der Waals surface area contributed by atoms with Gasteiger partial charge in [0.05, 0.1) is 5.69 Å². The summed E-state index contributed by atoms with van der Waals surface area (Å²) in [5.74, 6) is -0.121. The molecule has 0 saturated carbocycles. The molecule has 136 valence electrons. The molecular weight excluding hydrogens is 312 g/mol. The molecule has 0 fully saturated rings. The first-order valence-corrected chi connectivity index (χ1v) is 9.01. The predicted molar refractivity (Wildman–Crippen MR) is 103 cm³/mol. The van der Waals surface area contributed by atoms with Crippen molar-refractivity contribution in [2.24, 2.45) is 7.05 Å². The van der Waals surface area contributed by atoms with Gasteiger partial charge in [0.25, 0.3) is 5.91 Å². The van der Waals surface area contributed by atoms with Crippen LogP contribution in [0, 0.1) is 13.8 Å². The molecule has 0 aliphatic carbocycles. The maximum absolute atomic E-state index is 12.5. The Morgan fingerprint density at radius 3 is 2.48 bits per heavy atom. The second-order valence-electron chi connectivity index (χ2n) is 6.62. The summed E-state index contributed by atoms with van der Waals surface area (Å²) >= 11 is 0. The van der Waals surface area contributed by atoms with Crippen molar-refractivity contribution in [2.45, 2.75) is 40.7 Å². The Labute approximate surface area is 151 Å². The highest BCUT2D eigenvalue weighted by atomic mass is 16.1. The summed E-state index contributed by atoms with van der Waals surface area (Å²) < 4.78 is 1.77. The lowest BCUT2D eigenvalue weighted by Crippen LogP contribution is -2.42. The molecule has 0 saturated heterocycles. The number of carbonyl (C=O) groups is 1. The lowest BCUT2D eigenvalue weighted by atomic mass is 10.0. The van der Waals surface area contributed by atoms with Gasteiger partial charge in [-0.2, -0.15) is 5.10 Å². The Kier molecular flexibility index (Phi) is 6.37. The van der Waals surface area contributed by atoms with Crippen molar-refractivity contribution >= 4 is 5.91 Å². The molecule has 1 unspecified atom stereocenters. The van der Waals surface area contributed by atoms with E-state index in [2.05, 4.69) is 68.1 Å². The number of hydrogen-bond acceptors (Lipinski definition) is 3. The molecule has 5 nitrogen and oxygen atoms in total. The summed E-state index contributed by atoms with van der Waals surface area (Å²) in [4.78, 5) is 14.8. The van der Waals surface area contributed by atoms with Gasteiger partial charge in [-0.25, -0.2) is 0 Å². The summed E-state index contributed by atoms with van der Waals surface area (Å²) in [7, 11) is 1.87. The molecular formula is C20H30N4O. The van der Waals surface area contributed by atoms with Crippen LogP contribution in [0.15, 0.2) is 24.3 Å². The number of hydrogen-bond donors (Lipinski definition) is 1. The fraction of sp³-hybridized carbons (Fsp3) is 0.500. The first kappa shape index (κ1) is 19.2. The first-order valence-electron chi connectivity index (χ1n) is 9.01. The van der Waals surface area contributed by atoms with Crippen LogP contribution in [0.4, 0.5) is 0 Å². The van der Waals surface area contributed by atoms with Crippen LogP contribution in [0.1, 0.15) is 42.4 Å². The van der Waals surface area contributed by atoms with Crippen molar-refractivity contribution in [1.29, 1.82) is 0 Å². The number of amides is 1. The van der Waals surface area contributed by atoms with Gasteiger partial charge in [0.15, 0.2) is 5.69 Å². The Morgan fingerprint density at radius 1 is 1.20 bits per heavy atom. The Morgan fingerprint density at radius 2 is 1.88 bits per heavy atom. The van der Waals surface area contributed by atoms with Gasteiger partial charge < -0.3 is 5.32 Å². The molecule has 1 atom stereocenters. The molecule has 1 aromatic carbocycles. The fourth-order valence-corrected chi connectivity index (χ4v) is 3.06. The van der Waals surface area contributed by atoms with E-state index in [-0.39, 0.29) is 5.91 Å². The molecule has 2 rings (SSSR count). The average molecular weight is 342 g/mol. The zero-order valence-electron chi connectivity index (χ0n) is 16.3. The van der Waals surface area contributed by atoms with E-state index in [1.807, 2.05) is 13.1 Å². The summed E-state index contributed by atoms with van der Waals surface area (Å²) in [6.07, 6.45) is 0. The number of carbonyl (C=O) groups excluding carboxylic acids is 1. The van der Waals surface area contributed by atoms with Gasteiger partial charge in [-0.3, -0.25) is 14.4 Å². The SMILES string of the molecule is CCN(CC)C(C)CNC(=O)c1cc(-c2ccc(C)c(C)c2)n(C)n1. The number of nitrogens with one attached hydrogen (secondary N) is 1. The molecule has 1 aromatic heterocycles. The normalized spacial score (nSPS) is 12.4. The Bertz CT molecular complexity index is 731. The van der Waals surface area contributed by atoms with E-state index in [1.54, 1.807) is 4.68 Å². The third-order valence-electron chi connectivity index (χ3n) is 4.91. The maximum atomic E-state index is 12.5. The molecule has 1 N–H and O–H groups in total. The van der Waals surface area contributed by atoms with Gasteiger partial charge in [-0.1, -0.05) is 26.0 Å². The number of aromatic nitrogens is 2. The lowest BCUT2D eigenvalue weighted by molar-refractivity contribution is 0.0932. The monoisotopic (exact) mass is 342 g/mol. The number of nitrogens with zero attached hydrogens (tertiary/aromatic N) is 3. The van der Waals surface area contributed by atoms with Gasteiger partial charge in [0, 0.05) is 25.2 Å². The molecule has 0 spiro atoms. The summed E-state index contributed by atoms with van der Waals surface area (Å²) in [6.45, 7) is 13.2. The maximum Gasteiger partial charge on any atom is 0.271 e. The van der Waals surface area contributed by atoms with E-state index in [9.17, 15) is 4.79 Å². The molecule has 25 heavy (non-hydrogen) atoms. The van der Waals surface area contributed by atoms with E-state index >= 15 is 0 Å². The lowest BCUT2D eigenvalue weighted by Gasteiger charge is -2.26. The second kappa shape index (κ2) is 8.30. The van der Waals surface area contributed by atoms with Crippen LogP contribution >= 0.6 is 0 Å². The minimum absolute atomic E-state index is 0.121. The fourth-order valence-electron chi connectivity index (χ4n) is 3.06. The highest BCUT2D eigenvalue weighted by Crippen LogP contribution is 2.22. The van der Waals surface area contributed by atoms with E-state index in [1.165, 1.54) is 11.1 Å². The van der Waals surface area contributed by atoms with Gasteiger partial charge in [0.1, 0.15) is 0 Å². The Balaban J connectivity index is 2.10. The number of benzene rings is 1. The smallest absolute Gasteiger partial charge is 0.271 e. The standard InChI is InChI=1S/C20H30N4O/c1-7-24(8-2)16(5)13-21-20(25)18-12-19(23(6)22-18)17-10-9-14(3)15(4)11-17/h9-12,16H,7-8,13H2,1-6H3,(H,21,25). The topological polar surface area (TPSA) is 50.2 Å². The number of aryl methyl sites for hydroxylation is 3. The van der Waals surface area contributed by atoms with Gasteiger partial charge in [-0.15, -0.1) is 0 Å². The minimum atomic E-state index is -0.121. The molecule has 2 aromatic rings. The minimum Gasteiger partial charge on any atom is -0.349 e. The number of rotatable bonds is 7. The van der Waals surface area contributed by atoms with Crippen LogP contribution in [0.2, 0.25) is 0 Å². The van der Waals surface area contributed by atoms with Crippen molar-refractivity contribution < 1.29 is 4.79 Å². The molecule has 1 amide bonds. The Hall–Kier alpha value is -2.14. The zero-order chi connectivity index (χ0) is 18.6. The first-order chi connectivity index (χ1) is 11.9. The van der Waals surface area contributed by atoms with Gasteiger partial charge >= 0.3 is 0 Å². The third-order valence-corrected chi connectivity index (χ3v) is 4.91. The van der Waals surface area contributed by atoms with Crippen molar-refractivity contribution in [3.8, 4) is 11.3 Å². The van der Waals surface area contributed by atoms with E-state index < -0.39 is 0 Å². The van der Waals surface area contributed by atoms with Crippen LogP contribution in [-0.4, -0.2) is 46.3 Å². The summed E-state index contributed by atoms with van der Waals surface area (Å²) in [5, 5.41) is 7.40. The summed E-state index contributed by atoms with van der Waals surface area (Å²) in [5.41, 5.74) is 4.98. The van der Waals surface area contributed by atoms with Crippen LogP contribution in [0.3, 0.4) is 0 Å². The highest BCUT2D eigenvalue weighted by Gasteiger charge is 2.16. The highest BCUT2D eigenvalue weighted by molar-refractivity contribution is 5.93. The molecule has 0 bridgehead atoms. The van der Waals surface area contributed by atoms with Gasteiger partial charge in [0.2, 0.25) is 0 Å². The molecule has 0 aliphatic heterocycles. The van der Waals surface area contributed by atoms with Crippen LogP contribution < -0.4 is 5.32 Å². The van der Waals surface area contributed by atoms with Crippen molar-refractivity contribution in [2.75, 3.05) is 19.6 Å². The third kappa shape index (κ3) is 4.48. The average Bonchev–Trinajstić information content (AvgIpc) is 2.98. The van der Waals surface area contributed by atoms with Crippen molar-refractivity contribution in [3.63, 3.8) is 0 Å². The second-order valence-corrected chi connectivity index (χ2v) is 6.62. The predicted octanol–water partition coefficient (Wildman–Crippen LogP) is 3.16. The van der Waals surface area contributed by atoms with Crippen LogP contribution in [0.5, 0.6) is 0 Å². The van der Waals surface area contributed by atoms with E-state index in [0.29, 0.717) is 18.3 Å². The van der Waals surface area contributed by atoms with Crippen LogP contribution in [0.25, 0.3) is 11.3 Å². The van der Waals surface area contributed by atoms with Crippen molar-refractivity contribution in [1.82, 2.24) is 20.0 Å². The van der Waals surface area contributed by atoms with Crippen LogP contribution in [-0.2, 0) is 7.05 Å². The van der Waals surface area contributed by atoms with E-state index in [0.717, 1.165) is 24.3 Å². The van der Waals surface area contributed by atoms with Gasteiger partial charge in [-0.05, 0) is 57.1 Å². The van der Waals surface area contributed by atoms with Crippen molar-refractivity contribution in [3.05, 3.63) is 41.1 Å². The molecule has 1 heterocycles. The zero-order valence-corrected chi connectivity index (χ0v) is 16.3. The largest absolute Gasteiger partial charge is 0.349 e. The quantitative estimate of drug-likeness (QED) is 0.841. The molecule has 0 aliphatic rings. The molecule has 0 radical (unpaired) electrons. The van der Waals surface area contributed by atoms with E-state index in [4.69, 9.17) is 0 Å². The summed E-state index contributed by atoms with van der Waals surface area (Å²) in [6, 6.07) is 8.48.